The van der Waals surface area contributed by atoms with Crippen LogP contribution in [-0.2, 0) is 23.2 Å². The van der Waals surface area contributed by atoms with Gasteiger partial charge in [0.1, 0.15) is 0 Å². The van der Waals surface area contributed by atoms with Gasteiger partial charge in [0.2, 0.25) is 10.0 Å². The summed E-state index contributed by atoms with van der Waals surface area (Å²) in [4.78, 5) is 2.33. The van der Waals surface area contributed by atoms with Crippen LogP contribution < -0.4 is 4.72 Å². The van der Waals surface area contributed by atoms with Crippen molar-refractivity contribution in [3.63, 3.8) is 0 Å². The minimum Gasteiger partial charge on any atom is -0.390 e. The predicted molar refractivity (Wildman–Crippen MR) is 72.3 cm³/mol. The van der Waals surface area contributed by atoms with E-state index in [9.17, 15) is 13.5 Å². The molecule has 0 radical (unpaired) electrons. The molecule has 0 saturated carbocycles. The van der Waals surface area contributed by atoms with Gasteiger partial charge in [-0.25, -0.2) is 13.1 Å². The molecule has 0 bridgehead atoms. The monoisotopic (exact) mass is 287 g/mol. The molecule has 0 aromatic carbocycles. The van der Waals surface area contributed by atoms with E-state index in [-0.39, 0.29) is 17.5 Å². The van der Waals surface area contributed by atoms with Gasteiger partial charge in [-0.3, -0.25) is 0 Å². The first-order chi connectivity index (χ1) is 8.96. The van der Waals surface area contributed by atoms with Gasteiger partial charge in [-0.1, -0.05) is 0 Å². The van der Waals surface area contributed by atoms with E-state index >= 15 is 0 Å². The second-order valence-corrected chi connectivity index (χ2v) is 6.69. The van der Waals surface area contributed by atoms with Crippen LogP contribution >= 0.6 is 0 Å². The van der Waals surface area contributed by atoms with E-state index in [4.69, 9.17) is 0 Å². The van der Waals surface area contributed by atoms with E-state index in [1.54, 1.807) is 10.8 Å². The number of aliphatic hydroxyl groups excluding tert-OH is 1. The van der Waals surface area contributed by atoms with Crippen molar-refractivity contribution < 1.29 is 13.5 Å². The number of rotatable bonds is 5. The van der Waals surface area contributed by atoms with Gasteiger partial charge >= 0.3 is 0 Å². The minimum atomic E-state index is -3.50. The molecule has 0 amide bonds. The van der Waals surface area contributed by atoms with Crippen LogP contribution in [0, 0.1) is 0 Å². The Bertz CT molecular complexity index is 517. The highest BCUT2D eigenvalue weighted by atomic mass is 32.2. The molecule has 1 unspecified atom stereocenters. The lowest BCUT2D eigenvalue weighted by Gasteiger charge is -2.12. The second-order valence-electron chi connectivity index (χ2n) is 4.98. The number of hydrogen-bond acceptors (Lipinski definition) is 4. The summed E-state index contributed by atoms with van der Waals surface area (Å²) in [6.45, 7) is 4.04. The number of sulfonamides is 1. The molecule has 2 rings (SSSR count). The maximum atomic E-state index is 12.3. The summed E-state index contributed by atoms with van der Waals surface area (Å²) in [5.41, 5.74) is 0.617. The molecule has 19 heavy (non-hydrogen) atoms. The van der Waals surface area contributed by atoms with Crippen LogP contribution in [0.4, 0.5) is 0 Å². The van der Waals surface area contributed by atoms with E-state index in [0.717, 1.165) is 19.5 Å². The van der Waals surface area contributed by atoms with Crippen LogP contribution in [-0.4, -0.2) is 49.2 Å². The molecular formula is C12H21N3O3S. The molecule has 1 atom stereocenters. The average molecular weight is 287 g/mol. The summed E-state index contributed by atoms with van der Waals surface area (Å²) in [6, 6.07) is 1.50. The fraction of sp³-hybridized carbons (Fsp3) is 0.667. The normalized spacial score (nSPS) is 21.1. The lowest BCUT2D eigenvalue weighted by atomic mass is 10.3. The zero-order valence-corrected chi connectivity index (χ0v) is 12.2. The van der Waals surface area contributed by atoms with E-state index in [0.29, 0.717) is 12.2 Å². The van der Waals surface area contributed by atoms with Gasteiger partial charge in [-0.05, 0) is 33.0 Å². The minimum absolute atomic E-state index is 0.0300. The third-order valence-electron chi connectivity index (χ3n) is 3.49. The molecule has 1 aliphatic heterocycles. The molecule has 0 aliphatic carbocycles. The van der Waals surface area contributed by atoms with Crippen LogP contribution in [0.5, 0.6) is 0 Å². The van der Waals surface area contributed by atoms with Crippen molar-refractivity contribution in [2.24, 2.45) is 0 Å². The number of aliphatic hydroxyl groups is 1. The summed E-state index contributed by atoms with van der Waals surface area (Å²) in [6.07, 6.45) is 2.41. The standard InChI is InChI=1S/C12H21N3O3S/c1-3-15-8-12(6-11(15)9-16)19(17,18)13-10-4-5-14(2)7-10/h6,8,10,13,16H,3-5,7,9H2,1-2H3. The molecule has 1 aromatic heterocycles. The van der Waals surface area contributed by atoms with Crippen molar-refractivity contribution in [1.29, 1.82) is 0 Å². The Hall–Kier alpha value is -0.890. The van der Waals surface area contributed by atoms with Crippen LogP contribution in [0.3, 0.4) is 0 Å². The van der Waals surface area contributed by atoms with Gasteiger partial charge in [-0.2, -0.15) is 0 Å². The van der Waals surface area contributed by atoms with Gasteiger partial charge in [0, 0.05) is 31.0 Å². The number of aromatic nitrogens is 1. The lowest BCUT2D eigenvalue weighted by molar-refractivity contribution is 0.271. The zero-order valence-electron chi connectivity index (χ0n) is 11.3. The van der Waals surface area contributed by atoms with E-state index < -0.39 is 10.0 Å². The lowest BCUT2D eigenvalue weighted by Crippen LogP contribution is -2.36. The highest BCUT2D eigenvalue weighted by molar-refractivity contribution is 7.89. The molecule has 2 heterocycles. The van der Waals surface area contributed by atoms with E-state index in [2.05, 4.69) is 9.62 Å². The smallest absolute Gasteiger partial charge is 0.242 e. The van der Waals surface area contributed by atoms with Crippen molar-refractivity contribution in [2.45, 2.75) is 37.4 Å². The number of nitrogens with zero attached hydrogens (tertiary/aromatic N) is 2. The Kier molecular flexibility index (Phi) is 4.29. The summed E-state index contributed by atoms with van der Waals surface area (Å²) in [5, 5.41) is 9.20. The van der Waals surface area contributed by atoms with Gasteiger partial charge in [0.25, 0.3) is 0 Å². The van der Waals surface area contributed by atoms with Crippen molar-refractivity contribution >= 4 is 10.0 Å². The van der Waals surface area contributed by atoms with Crippen LogP contribution in [0.15, 0.2) is 17.2 Å². The highest BCUT2D eigenvalue weighted by Gasteiger charge is 2.26. The summed E-state index contributed by atoms with van der Waals surface area (Å²) < 4.78 is 29.0. The number of nitrogens with one attached hydrogen (secondary N) is 1. The van der Waals surface area contributed by atoms with Gasteiger partial charge in [-0.15, -0.1) is 0 Å². The first kappa shape index (κ1) is 14.5. The number of aryl methyl sites for hydroxylation is 1. The van der Waals surface area contributed by atoms with Gasteiger partial charge < -0.3 is 14.6 Å². The molecular weight excluding hydrogens is 266 g/mol. The molecule has 0 spiro atoms. The maximum absolute atomic E-state index is 12.3. The van der Waals surface area contributed by atoms with E-state index in [1.165, 1.54) is 6.07 Å². The predicted octanol–water partition coefficient (Wildman–Crippen LogP) is -0.0173. The van der Waals surface area contributed by atoms with Gasteiger partial charge in [0.15, 0.2) is 0 Å². The number of hydrogen-bond donors (Lipinski definition) is 2. The Morgan fingerprint density at radius 3 is 2.74 bits per heavy atom. The van der Waals surface area contributed by atoms with Crippen molar-refractivity contribution in [3.05, 3.63) is 18.0 Å². The Morgan fingerprint density at radius 2 is 2.26 bits per heavy atom. The first-order valence-corrected chi connectivity index (χ1v) is 7.95. The largest absolute Gasteiger partial charge is 0.390 e. The molecule has 1 fully saturated rings. The molecule has 1 aliphatic rings. The van der Waals surface area contributed by atoms with Crippen LogP contribution in [0.25, 0.3) is 0 Å². The SMILES string of the molecule is CCn1cc(S(=O)(=O)NC2CCN(C)C2)cc1CO. The molecule has 7 heteroatoms. The van der Waals surface area contributed by atoms with Crippen molar-refractivity contribution in [2.75, 3.05) is 20.1 Å². The Labute approximate surface area is 114 Å². The van der Waals surface area contributed by atoms with Crippen molar-refractivity contribution in [3.8, 4) is 0 Å². The Balaban J connectivity index is 2.17. The van der Waals surface area contributed by atoms with E-state index in [1.807, 2.05) is 14.0 Å². The third-order valence-corrected chi connectivity index (χ3v) is 4.97. The highest BCUT2D eigenvalue weighted by Crippen LogP contribution is 2.17. The maximum Gasteiger partial charge on any atom is 0.242 e. The van der Waals surface area contributed by atoms with Crippen LogP contribution in [0.2, 0.25) is 0 Å². The summed E-state index contributed by atoms with van der Waals surface area (Å²) in [7, 11) is -1.52. The quantitative estimate of drug-likeness (QED) is 0.798. The molecule has 2 N–H and O–H groups in total. The molecule has 108 valence electrons. The Morgan fingerprint density at radius 1 is 1.53 bits per heavy atom. The van der Waals surface area contributed by atoms with Gasteiger partial charge in [0.05, 0.1) is 11.5 Å². The third kappa shape index (κ3) is 3.17. The molecule has 1 aromatic rings. The number of likely N-dealkylation sites (tertiary alicyclic amines) is 1. The molecule has 6 nitrogen and oxygen atoms in total. The van der Waals surface area contributed by atoms with Crippen LogP contribution in [0.1, 0.15) is 19.0 Å². The number of likely N-dealkylation sites (N-methyl/N-ethyl adjacent to an activating group) is 1. The topological polar surface area (TPSA) is 74.6 Å². The summed E-state index contributed by atoms with van der Waals surface area (Å²) in [5.74, 6) is 0. The fourth-order valence-electron chi connectivity index (χ4n) is 2.42. The second kappa shape index (κ2) is 5.62. The molecule has 1 saturated heterocycles. The fourth-order valence-corrected chi connectivity index (χ4v) is 3.74. The first-order valence-electron chi connectivity index (χ1n) is 6.47. The average Bonchev–Trinajstić information content (AvgIpc) is 2.94. The zero-order chi connectivity index (χ0) is 14.0. The van der Waals surface area contributed by atoms with Crippen molar-refractivity contribution in [1.82, 2.24) is 14.2 Å². The summed E-state index contributed by atoms with van der Waals surface area (Å²) >= 11 is 0.